The largest absolute Gasteiger partial charge is 0.264 e. The van der Waals surface area contributed by atoms with E-state index in [4.69, 9.17) is 0 Å². The molecular weight excluding hydrogens is 122 g/mol. The second-order valence-corrected chi connectivity index (χ2v) is 2.23. The van der Waals surface area contributed by atoms with Gasteiger partial charge in [0.15, 0.2) is 0 Å². The van der Waals surface area contributed by atoms with Crippen LogP contribution >= 0.6 is 0 Å². The lowest BCUT2D eigenvalue weighted by atomic mass is 10.1. The topological polar surface area (TPSA) is 12.9 Å². The van der Waals surface area contributed by atoms with Crippen LogP contribution in [0.5, 0.6) is 0 Å². The summed E-state index contributed by atoms with van der Waals surface area (Å²) in [4.78, 5) is 3.99. The summed E-state index contributed by atoms with van der Waals surface area (Å²) < 4.78 is 0. The van der Waals surface area contributed by atoms with Gasteiger partial charge in [-0.1, -0.05) is 12.2 Å². The molecule has 0 radical (unpaired) electrons. The van der Waals surface area contributed by atoms with Crippen molar-refractivity contribution >= 4 is 6.08 Å². The Labute approximate surface area is 61.4 Å². The smallest absolute Gasteiger partial charge is 0.0303 e. The van der Waals surface area contributed by atoms with E-state index in [9.17, 15) is 0 Å². The molecule has 1 heteroatoms. The summed E-state index contributed by atoms with van der Waals surface area (Å²) in [6.45, 7) is 4.07. The molecule has 0 aliphatic carbocycles. The van der Waals surface area contributed by atoms with Crippen LogP contribution in [0.4, 0.5) is 0 Å². The molecule has 1 rings (SSSR count). The summed E-state index contributed by atoms with van der Waals surface area (Å²) in [6, 6.07) is 2.01. The van der Waals surface area contributed by atoms with Gasteiger partial charge in [-0.25, -0.2) is 0 Å². The van der Waals surface area contributed by atoms with E-state index in [1.807, 2.05) is 31.5 Å². The fourth-order valence-electron chi connectivity index (χ4n) is 0.851. The summed E-state index contributed by atoms with van der Waals surface area (Å²) in [5.74, 6) is 0. The van der Waals surface area contributed by atoms with Crippen LogP contribution in [-0.4, -0.2) is 4.98 Å². The molecule has 0 unspecified atom stereocenters. The van der Waals surface area contributed by atoms with Crippen LogP contribution in [0.2, 0.25) is 0 Å². The zero-order chi connectivity index (χ0) is 7.40. The summed E-state index contributed by atoms with van der Waals surface area (Å²) in [7, 11) is 0. The molecule has 10 heavy (non-hydrogen) atoms. The van der Waals surface area contributed by atoms with Gasteiger partial charge in [0, 0.05) is 12.4 Å². The van der Waals surface area contributed by atoms with Crippen LogP contribution in [0.1, 0.15) is 18.1 Å². The standard InChI is InChI=1S/C9H11N/c1-3-4-9-5-6-10-7-8(9)2/h3-7H,1-2H3/b4-3-. The van der Waals surface area contributed by atoms with Crippen molar-refractivity contribution in [3.8, 4) is 0 Å². The number of pyridine rings is 1. The van der Waals surface area contributed by atoms with Gasteiger partial charge in [-0.3, -0.25) is 4.98 Å². The van der Waals surface area contributed by atoms with Crippen molar-refractivity contribution in [1.82, 2.24) is 4.98 Å². The van der Waals surface area contributed by atoms with Gasteiger partial charge in [0.1, 0.15) is 0 Å². The molecule has 0 atom stereocenters. The van der Waals surface area contributed by atoms with Crippen molar-refractivity contribution in [2.45, 2.75) is 13.8 Å². The third-order valence-corrected chi connectivity index (χ3v) is 1.41. The second kappa shape index (κ2) is 3.16. The van der Waals surface area contributed by atoms with E-state index in [2.05, 4.69) is 18.0 Å². The van der Waals surface area contributed by atoms with Crippen molar-refractivity contribution in [3.63, 3.8) is 0 Å². The maximum absolute atomic E-state index is 3.99. The maximum atomic E-state index is 3.99. The highest BCUT2D eigenvalue weighted by atomic mass is 14.6. The number of hydrogen-bond donors (Lipinski definition) is 0. The fraction of sp³-hybridized carbons (Fsp3) is 0.222. The molecule has 1 nitrogen and oxygen atoms in total. The molecule has 0 saturated heterocycles. The lowest BCUT2D eigenvalue weighted by Crippen LogP contribution is -1.80. The summed E-state index contributed by atoms with van der Waals surface area (Å²) >= 11 is 0. The molecule has 1 aromatic heterocycles. The maximum Gasteiger partial charge on any atom is 0.0303 e. The Balaban J connectivity index is 3.03. The monoisotopic (exact) mass is 133 g/mol. The van der Waals surface area contributed by atoms with Crippen molar-refractivity contribution in [2.24, 2.45) is 0 Å². The Hall–Kier alpha value is -1.11. The molecule has 0 amide bonds. The van der Waals surface area contributed by atoms with Gasteiger partial charge in [-0.05, 0) is 31.0 Å². The molecule has 0 fully saturated rings. The predicted octanol–water partition coefficient (Wildman–Crippen LogP) is 2.42. The van der Waals surface area contributed by atoms with E-state index in [1.165, 1.54) is 11.1 Å². The number of aryl methyl sites for hydroxylation is 1. The fourth-order valence-corrected chi connectivity index (χ4v) is 0.851. The molecule has 1 aromatic rings. The molecule has 0 aliphatic rings. The van der Waals surface area contributed by atoms with Crippen molar-refractivity contribution in [2.75, 3.05) is 0 Å². The number of hydrogen-bond acceptors (Lipinski definition) is 1. The minimum atomic E-state index is 1.22. The van der Waals surface area contributed by atoms with Gasteiger partial charge >= 0.3 is 0 Å². The highest BCUT2D eigenvalue weighted by Crippen LogP contribution is 2.06. The number of aromatic nitrogens is 1. The predicted molar refractivity (Wildman–Crippen MR) is 43.7 cm³/mol. The molecule has 0 spiro atoms. The number of rotatable bonds is 1. The quantitative estimate of drug-likeness (QED) is 0.573. The molecule has 1 heterocycles. The summed E-state index contributed by atoms with van der Waals surface area (Å²) in [5, 5.41) is 0. The zero-order valence-electron chi connectivity index (χ0n) is 6.33. The third kappa shape index (κ3) is 1.44. The first-order valence-corrected chi connectivity index (χ1v) is 3.38. The average molecular weight is 133 g/mol. The van der Waals surface area contributed by atoms with Gasteiger partial charge in [0.05, 0.1) is 0 Å². The Morgan fingerprint density at radius 2 is 2.30 bits per heavy atom. The van der Waals surface area contributed by atoms with Gasteiger partial charge < -0.3 is 0 Å². The molecule has 0 bridgehead atoms. The highest BCUT2D eigenvalue weighted by molar-refractivity contribution is 5.51. The molecule has 0 aromatic carbocycles. The highest BCUT2D eigenvalue weighted by Gasteiger charge is 1.88. The first kappa shape index (κ1) is 7.00. The van der Waals surface area contributed by atoms with E-state index in [0.29, 0.717) is 0 Å². The molecular formula is C9H11N. The minimum absolute atomic E-state index is 1.22. The summed E-state index contributed by atoms with van der Waals surface area (Å²) in [5.41, 5.74) is 2.47. The van der Waals surface area contributed by atoms with Crippen LogP contribution in [0.25, 0.3) is 6.08 Å². The first-order valence-electron chi connectivity index (χ1n) is 3.38. The van der Waals surface area contributed by atoms with Crippen molar-refractivity contribution < 1.29 is 0 Å². The Bertz CT molecular complexity index is 238. The van der Waals surface area contributed by atoms with Crippen LogP contribution in [0.15, 0.2) is 24.5 Å². The van der Waals surface area contributed by atoms with E-state index in [-0.39, 0.29) is 0 Å². The minimum Gasteiger partial charge on any atom is -0.264 e. The van der Waals surface area contributed by atoms with Crippen LogP contribution in [-0.2, 0) is 0 Å². The van der Waals surface area contributed by atoms with Crippen molar-refractivity contribution in [1.29, 1.82) is 0 Å². The first-order chi connectivity index (χ1) is 4.84. The number of nitrogens with zero attached hydrogens (tertiary/aromatic N) is 1. The Morgan fingerprint density at radius 1 is 1.50 bits per heavy atom. The molecule has 0 N–H and O–H groups in total. The van der Waals surface area contributed by atoms with Crippen LogP contribution < -0.4 is 0 Å². The number of allylic oxidation sites excluding steroid dienone is 1. The van der Waals surface area contributed by atoms with Gasteiger partial charge in [-0.15, -0.1) is 0 Å². The normalized spacial score (nSPS) is 10.6. The van der Waals surface area contributed by atoms with E-state index in [0.717, 1.165) is 0 Å². The lowest BCUT2D eigenvalue weighted by Gasteiger charge is -1.95. The Morgan fingerprint density at radius 3 is 2.90 bits per heavy atom. The molecule has 0 aliphatic heterocycles. The van der Waals surface area contributed by atoms with Gasteiger partial charge in [0.25, 0.3) is 0 Å². The van der Waals surface area contributed by atoms with E-state index >= 15 is 0 Å². The van der Waals surface area contributed by atoms with Crippen LogP contribution in [0, 0.1) is 6.92 Å². The Kier molecular flexibility index (Phi) is 2.21. The van der Waals surface area contributed by atoms with Gasteiger partial charge in [-0.2, -0.15) is 0 Å². The second-order valence-electron chi connectivity index (χ2n) is 2.23. The van der Waals surface area contributed by atoms with E-state index in [1.54, 1.807) is 0 Å². The lowest BCUT2D eigenvalue weighted by molar-refractivity contribution is 1.26. The van der Waals surface area contributed by atoms with Crippen LogP contribution in [0.3, 0.4) is 0 Å². The molecule has 52 valence electrons. The van der Waals surface area contributed by atoms with E-state index < -0.39 is 0 Å². The van der Waals surface area contributed by atoms with Crippen molar-refractivity contribution in [3.05, 3.63) is 35.7 Å². The average Bonchev–Trinajstić information content (AvgIpc) is 1.94. The SMILES string of the molecule is C/C=C\c1ccncc1C. The molecule has 0 saturated carbocycles. The summed E-state index contributed by atoms with van der Waals surface area (Å²) in [6.07, 6.45) is 7.79. The zero-order valence-corrected chi connectivity index (χ0v) is 6.33. The van der Waals surface area contributed by atoms with Gasteiger partial charge in [0.2, 0.25) is 0 Å². The third-order valence-electron chi connectivity index (χ3n) is 1.41.